The summed E-state index contributed by atoms with van der Waals surface area (Å²) in [4.78, 5) is 26.4. The number of aromatic nitrogens is 1. The first-order valence-electron chi connectivity index (χ1n) is 5.69. The van der Waals surface area contributed by atoms with E-state index < -0.39 is 23.1 Å². The minimum Gasteiger partial charge on any atom is -0.504 e. The molecule has 1 aliphatic rings. The first-order chi connectivity index (χ1) is 9.49. The molecule has 0 radical (unpaired) electrons. The Morgan fingerprint density at radius 2 is 1.90 bits per heavy atom. The van der Waals surface area contributed by atoms with Crippen molar-refractivity contribution in [3.05, 3.63) is 52.6 Å². The summed E-state index contributed by atoms with van der Waals surface area (Å²) in [7, 11) is 0. The number of fused-ring (bicyclic) bond motifs is 1. The molecular formula is C14H8ClNO4. The smallest absolute Gasteiger partial charge is 0.231 e. The number of ketones is 2. The first-order valence-corrected chi connectivity index (χ1v) is 6.07. The molecule has 0 atom stereocenters. The van der Waals surface area contributed by atoms with Gasteiger partial charge in [0.05, 0.1) is 5.57 Å². The van der Waals surface area contributed by atoms with E-state index in [0.29, 0.717) is 27.6 Å². The number of allylic oxidation sites excluding steroid dienone is 2. The van der Waals surface area contributed by atoms with Gasteiger partial charge in [-0.15, -0.1) is 0 Å². The van der Waals surface area contributed by atoms with E-state index in [1.165, 1.54) is 6.20 Å². The summed E-state index contributed by atoms with van der Waals surface area (Å²) in [6.45, 7) is 0. The van der Waals surface area contributed by atoms with Crippen LogP contribution < -0.4 is 0 Å². The third-order valence-corrected chi connectivity index (χ3v) is 3.35. The summed E-state index contributed by atoms with van der Waals surface area (Å²) >= 11 is 5.87. The van der Waals surface area contributed by atoms with E-state index in [-0.39, 0.29) is 5.57 Å². The van der Waals surface area contributed by atoms with Crippen LogP contribution in [-0.4, -0.2) is 26.8 Å². The second-order valence-electron chi connectivity index (χ2n) is 4.34. The largest absolute Gasteiger partial charge is 0.504 e. The van der Waals surface area contributed by atoms with Crippen LogP contribution in [0.15, 0.2) is 42.0 Å². The van der Waals surface area contributed by atoms with Crippen LogP contribution in [0.5, 0.6) is 0 Å². The average Bonchev–Trinajstić information content (AvgIpc) is 2.80. The highest BCUT2D eigenvalue weighted by atomic mass is 35.5. The molecule has 0 unspecified atom stereocenters. The molecule has 0 amide bonds. The zero-order valence-electron chi connectivity index (χ0n) is 9.98. The van der Waals surface area contributed by atoms with E-state index in [2.05, 4.69) is 4.98 Å². The van der Waals surface area contributed by atoms with Crippen molar-refractivity contribution < 1.29 is 19.8 Å². The number of hydrogen-bond acceptors (Lipinski definition) is 4. The molecule has 0 aliphatic heterocycles. The number of benzene rings is 1. The van der Waals surface area contributed by atoms with Crippen molar-refractivity contribution in [2.45, 2.75) is 0 Å². The summed E-state index contributed by atoms with van der Waals surface area (Å²) in [6, 6.07) is 4.95. The molecule has 0 saturated carbocycles. The van der Waals surface area contributed by atoms with Gasteiger partial charge >= 0.3 is 0 Å². The fourth-order valence-corrected chi connectivity index (χ4v) is 2.34. The van der Waals surface area contributed by atoms with Crippen molar-refractivity contribution in [3.8, 4) is 0 Å². The predicted octanol–water partition coefficient (Wildman–Crippen LogP) is 2.68. The molecule has 100 valence electrons. The van der Waals surface area contributed by atoms with Gasteiger partial charge in [0.2, 0.25) is 11.6 Å². The maximum absolute atomic E-state index is 12.0. The van der Waals surface area contributed by atoms with Gasteiger partial charge in [-0.05, 0) is 12.1 Å². The van der Waals surface area contributed by atoms with Gasteiger partial charge < -0.3 is 15.2 Å². The zero-order valence-corrected chi connectivity index (χ0v) is 10.7. The Morgan fingerprint density at radius 1 is 1.15 bits per heavy atom. The van der Waals surface area contributed by atoms with Gasteiger partial charge in [-0.2, -0.15) is 0 Å². The number of H-pyrrole nitrogens is 1. The van der Waals surface area contributed by atoms with Crippen LogP contribution in [0.2, 0.25) is 5.02 Å². The number of halogens is 1. The van der Waals surface area contributed by atoms with Gasteiger partial charge in [0.1, 0.15) is 0 Å². The Kier molecular flexibility index (Phi) is 2.65. The van der Waals surface area contributed by atoms with Crippen LogP contribution in [0.4, 0.5) is 0 Å². The summed E-state index contributed by atoms with van der Waals surface area (Å²) in [6.07, 6.45) is 2.18. The lowest BCUT2D eigenvalue weighted by atomic mass is 9.93. The SMILES string of the molecule is O=C1C=C(O)C(=O)C(c2c[nH]c3cc(Cl)ccc23)=C1O. The monoisotopic (exact) mass is 289 g/mol. The number of Topliss-reactive ketones (excluding diaryl/α,β-unsaturated/α-hetero) is 1. The van der Waals surface area contributed by atoms with Crippen molar-refractivity contribution >= 4 is 39.6 Å². The van der Waals surface area contributed by atoms with Crippen molar-refractivity contribution in [2.75, 3.05) is 0 Å². The van der Waals surface area contributed by atoms with Crippen LogP contribution in [0.1, 0.15) is 5.56 Å². The minimum absolute atomic E-state index is 0.219. The molecular weight excluding hydrogens is 282 g/mol. The zero-order chi connectivity index (χ0) is 14.4. The molecule has 6 heteroatoms. The van der Waals surface area contributed by atoms with E-state index in [0.717, 1.165) is 0 Å². The summed E-state index contributed by atoms with van der Waals surface area (Å²) in [5.74, 6) is -2.96. The Morgan fingerprint density at radius 3 is 2.65 bits per heavy atom. The van der Waals surface area contributed by atoms with Crippen LogP contribution in [0.25, 0.3) is 16.5 Å². The van der Waals surface area contributed by atoms with Gasteiger partial charge in [-0.25, -0.2) is 0 Å². The van der Waals surface area contributed by atoms with Crippen LogP contribution in [-0.2, 0) is 9.59 Å². The molecule has 0 spiro atoms. The van der Waals surface area contributed by atoms with Gasteiger partial charge in [-0.3, -0.25) is 9.59 Å². The number of nitrogens with one attached hydrogen (secondary N) is 1. The van der Waals surface area contributed by atoms with Gasteiger partial charge in [-0.1, -0.05) is 17.7 Å². The van der Waals surface area contributed by atoms with Gasteiger partial charge in [0.25, 0.3) is 0 Å². The van der Waals surface area contributed by atoms with Gasteiger partial charge in [0.15, 0.2) is 11.5 Å². The number of carbonyl (C=O) groups excluding carboxylic acids is 2. The maximum Gasteiger partial charge on any atom is 0.231 e. The highest BCUT2D eigenvalue weighted by Gasteiger charge is 2.30. The van der Waals surface area contributed by atoms with Crippen LogP contribution in [0.3, 0.4) is 0 Å². The fraction of sp³-hybridized carbons (Fsp3) is 0. The molecule has 1 heterocycles. The van der Waals surface area contributed by atoms with Gasteiger partial charge in [0, 0.05) is 33.8 Å². The molecule has 3 rings (SSSR count). The van der Waals surface area contributed by atoms with E-state index >= 15 is 0 Å². The quantitative estimate of drug-likeness (QED) is 0.704. The molecule has 2 aromatic rings. The number of carbonyl (C=O) groups is 2. The lowest BCUT2D eigenvalue weighted by Crippen LogP contribution is -2.18. The molecule has 0 bridgehead atoms. The molecule has 20 heavy (non-hydrogen) atoms. The molecule has 0 fully saturated rings. The number of aliphatic hydroxyl groups is 2. The minimum atomic E-state index is -0.805. The second kappa shape index (κ2) is 4.25. The maximum atomic E-state index is 12.0. The summed E-state index contributed by atoms with van der Waals surface area (Å²) in [5, 5.41) is 20.4. The highest BCUT2D eigenvalue weighted by Crippen LogP contribution is 2.32. The number of aromatic amines is 1. The fourth-order valence-electron chi connectivity index (χ4n) is 2.17. The topological polar surface area (TPSA) is 90.4 Å². The lowest BCUT2D eigenvalue weighted by Gasteiger charge is -2.11. The van der Waals surface area contributed by atoms with Crippen molar-refractivity contribution in [1.29, 1.82) is 0 Å². The Hall–Kier alpha value is -2.53. The normalized spacial score (nSPS) is 15.9. The molecule has 5 nitrogen and oxygen atoms in total. The predicted molar refractivity (Wildman–Crippen MR) is 73.6 cm³/mol. The Balaban J connectivity index is 2.27. The van der Waals surface area contributed by atoms with E-state index in [1.807, 2.05) is 0 Å². The first kappa shape index (κ1) is 12.5. The second-order valence-corrected chi connectivity index (χ2v) is 4.78. The number of rotatable bonds is 1. The molecule has 1 aromatic carbocycles. The van der Waals surface area contributed by atoms with Crippen molar-refractivity contribution in [1.82, 2.24) is 4.98 Å². The van der Waals surface area contributed by atoms with Crippen molar-refractivity contribution in [2.24, 2.45) is 0 Å². The molecule has 3 N–H and O–H groups in total. The van der Waals surface area contributed by atoms with E-state index in [4.69, 9.17) is 11.6 Å². The summed E-state index contributed by atoms with van der Waals surface area (Å²) < 4.78 is 0. The van der Waals surface area contributed by atoms with Crippen LogP contribution >= 0.6 is 11.6 Å². The third-order valence-electron chi connectivity index (χ3n) is 3.11. The highest BCUT2D eigenvalue weighted by molar-refractivity contribution is 6.38. The Labute approximate surface area is 117 Å². The Bertz CT molecular complexity index is 829. The third kappa shape index (κ3) is 1.71. The van der Waals surface area contributed by atoms with E-state index in [9.17, 15) is 19.8 Å². The number of hydrogen-bond donors (Lipinski definition) is 3. The van der Waals surface area contributed by atoms with Crippen LogP contribution in [0, 0.1) is 0 Å². The standard InChI is InChI=1S/C14H8ClNO4/c15-6-1-2-7-8(5-16-9(7)3-6)12-13(19)10(17)4-11(18)14(12)20/h1-5,16-17,20H. The summed E-state index contributed by atoms with van der Waals surface area (Å²) in [5.41, 5.74) is 0.776. The average molecular weight is 290 g/mol. The number of aliphatic hydroxyl groups excluding tert-OH is 2. The van der Waals surface area contributed by atoms with E-state index in [1.54, 1.807) is 18.2 Å². The molecule has 1 aromatic heterocycles. The lowest BCUT2D eigenvalue weighted by molar-refractivity contribution is -0.117. The molecule has 0 saturated heterocycles. The van der Waals surface area contributed by atoms with Crippen molar-refractivity contribution in [3.63, 3.8) is 0 Å². The molecule has 1 aliphatic carbocycles.